The highest BCUT2D eigenvalue weighted by Crippen LogP contribution is 2.62. The van der Waals surface area contributed by atoms with Crippen molar-refractivity contribution < 1.29 is 23.8 Å². The molecule has 200 valence electrons. The molecule has 0 bridgehead atoms. The van der Waals surface area contributed by atoms with E-state index in [1.165, 1.54) is 0 Å². The smallest absolute Gasteiger partial charge is 0.265 e. The zero-order valence-electron chi connectivity index (χ0n) is 22.7. The molecule has 9 heteroatoms. The summed E-state index contributed by atoms with van der Waals surface area (Å²) in [4.78, 5) is 16.3. The number of aryl methyl sites for hydroxylation is 1. The van der Waals surface area contributed by atoms with Crippen molar-refractivity contribution >= 4 is 17.2 Å². The summed E-state index contributed by atoms with van der Waals surface area (Å²) < 4.78 is 30.0. The van der Waals surface area contributed by atoms with E-state index in [0.717, 1.165) is 22.4 Å². The molecule has 3 aliphatic heterocycles. The summed E-state index contributed by atoms with van der Waals surface area (Å²) in [6, 6.07) is 3.85. The second kappa shape index (κ2) is 8.63. The van der Waals surface area contributed by atoms with E-state index in [1.807, 2.05) is 44.7 Å². The van der Waals surface area contributed by atoms with Crippen LogP contribution in [0.25, 0.3) is 5.57 Å². The molecule has 2 aromatic rings. The van der Waals surface area contributed by atoms with Crippen LogP contribution in [0.5, 0.6) is 5.75 Å². The first-order chi connectivity index (χ1) is 17.3. The lowest BCUT2D eigenvalue weighted by Gasteiger charge is -2.39. The first-order valence-electron chi connectivity index (χ1n) is 13.0. The molecule has 8 nitrogen and oxygen atoms in total. The van der Waals surface area contributed by atoms with Gasteiger partial charge in [0.1, 0.15) is 11.4 Å². The summed E-state index contributed by atoms with van der Waals surface area (Å²) in [5.74, 6) is -0.466. The van der Waals surface area contributed by atoms with Gasteiger partial charge in [0.05, 0.1) is 30.1 Å². The first kappa shape index (κ1) is 25.9. The van der Waals surface area contributed by atoms with Crippen LogP contribution in [0.2, 0.25) is 0 Å². The van der Waals surface area contributed by atoms with Crippen LogP contribution in [-0.2, 0) is 28.1 Å². The lowest BCUT2D eigenvalue weighted by atomic mass is 9.71. The number of fused-ring (bicyclic) bond motifs is 1. The van der Waals surface area contributed by atoms with Crippen LogP contribution in [0.15, 0.2) is 24.4 Å². The second-order valence-corrected chi connectivity index (χ2v) is 11.7. The van der Waals surface area contributed by atoms with Gasteiger partial charge in [-0.2, -0.15) is 0 Å². The van der Waals surface area contributed by atoms with Crippen molar-refractivity contribution in [2.45, 2.75) is 83.8 Å². The molecule has 5 rings (SSSR count). The van der Waals surface area contributed by atoms with Crippen molar-refractivity contribution in [3.63, 3.8) is 0 Å². The van der Waals surface area contributed by atoms with Gasteiger partial charge in [0.15, 0.2) is 5.60 Å². The number of aromatic nitrogens is 3. The van der Waals surface area contributed by atoms with Crippen LogP contribution in [0, 0.1) is 11.8 Å². The monoisotopic (exact) mass is 512 g/mol. The Balaban J connectivity index is 1.59. The van der Waals surface area contributed by atoms with Crippen molar-refractivity contribution in [2.75, 3.05) is 18.6 Å². The zero-order valence-corrected chi connectivity index (χ0v) is 22.7. The van der Waals surface area contributed by atoms with E-state index in [1.54, 1.807) is 31.8 Å². The number of aliphatic hydroxyl groups is 1. The molecule has 3 aliphatic rings. The van der Waals surface area contributed by atoms with Gasteiger partial charge in [0, 0.05) is 48.7 Å². The number of anilines is 1. The van der Waals surface area contributed by atoms with E-state index in [-0.39, 0.29) is 12.5 Å². The van der Waals surface area contributed by atoms with Gasteiger partial charge in [-0.25, -0.2) is 4.39 Å². The van der Waals surface area contributed by atoms with E-state index in [2.05, 4.69) is 16.4 Å². The van der Waals surface area contributed by atoms with Gasteiger partial charge in [-0.3, -0.25) is 14.4 Å². The lowest BCUT2D eigenvalue weighted by molar-refractivity contribution is -0.146. The number of hydrogen-bond acceptors (Lipinski definition) is 6. The number of rotatable bonds is 7. The van der Waals surface area contributed by atoms with Crippen molar-refractivity contribution in [1.82, 2.24) is 15.0 Å². The summed E-state index contributed by atoms with van der Waals surface area (Å²) in [7, 11) is 1.61. The van der Waals surface area contributed by atoms with Crippen molar-refractivity contribution in [3.05, 3.63) is 41.2 Å². The Morgan fingerprint density at radius 3 is 2.68 bits per heavy atom. The van der Waals surface area contributed by atoms with Crippen LogP contribution < -0.4 is 9.64 Å². The Hall–Kier alpha value is -2.78. The molecule has 0 unspecified atom stereocenters. The molecule has 1 aromatic carbocycles. The van der Waals surface area contributed by atoms with Gasteiger partial charge < -0.3 is 14.6 Å². The van der Waals surface area contributed by atoms with E-state index < -0.39 is 34.7 Å². The topological polar surface area (TPSA) is 89.7 Å². The Labute approximate surface area is 217 Å². The average molecular weight is 513 g/mol. The maximum Gasteiger partial charge on any atom is 0.265 e. The highest BCUT2D eigenvalue weighted by atomic mass is 19.1. The maximum atomic E-state index is 15.9. The SMILES string of the molecule is COc1cc2c3c(c1)[C@]1(O[C@@H](CCn4cc(CCO)nn4)[C@H](C(C)(C)F)[C@H]1C)C(=O)N3C(C)(C)C=C2C. The number of allylic oxidation sites excluding steroid dienone is 1. The molecule has 4 atom stereocenters. The molecule has 1 fully saturated rings. The molecular formula is C28H37FN4O4. The quantitative estimate of drug-likeness (QED) is 0.602. The standard InChI is InChI=1S/C28H37FN4O4/c1-16-14-26(3,4)33-24-20(16)12-19(36-7)13-21(24)28(25(33)35)17(2)23(27(5,6)29)22(37-28)8-10-32-15-18(9-11-34)30-31-32/h12-15,17,22-23,34H,8-11H2,1-7H3/t17-,22+,23-,28+/m1/s1. The number of amides is 1. The third-order valence-corrected chi connectivity index (χ3v) is 8.34. The van der Waals surface area contributed by atoms with Gasteiger partial charge in [-0.05, 0) is 58.7 Å². The summed E-state index contributed by atoms with van der Waals surface area (Å²) in [6.07, 6.45) is 4.25. The number of benzene rings is 1. The Bertz CT molecular complexity index is 1260. The minimum Gasteiger partial charge on any atom is -0.497 e. The molecule has 1 aromatic heterocycles. The predicted octanol–water partition coefficient (Wildman–Crippen LogP) is 4.05. The number of hydrogen-bond donors (Lipinski definition) is 1. The summed E-state index contributed by atoms with van der Waals surface area (Å²) in [5, 5.41) is 17.4. The van der Waals surface area contributed by atoms with Gasteiger partial charge in [-0.1, -0.05) is 18.2 Å². The molecule has 4 heterocycles. The summed E-state index contributed by atoms with van der Waals surface area (Å²) in [5.41, 5.74) is 0.817. The Morgan fingerprint density at radius 1 is 1.30 bits per heavy atom. The maximum absolute atomic E-state index is 15.9. The van der Waals surface area contributed by atoms with Gasteiger partial charge in [-0.15, -0.1) is 5.10 Å². The van der Waals surface area contributed by atoms with E-state index in [4.69, 9.17) is 9.47 Å². The number of halogens is 1. The second-order valence-electron chi connectivity index (χ2n) is 11.7. The van der Waals surface area contributed by atoms with Crippen LogP contribution in [-0.4, -0.2) is 57.0 Å². The number of alkyl halides is 1. The largest absolute Gasteiger partial charge is 0.497 e. The third kappa shape index (κ3) is 3.81. The molecule has 1 amide bonds. The lowest BCUT2D eigenvalue weighted by Crippen LogP contribution is -2.53. The van der Waals surface area contributed by atoms with Crippen molar-refractivity contribution in [2.24, 2.45) is 11.8 Å². The fourth-order valence-electron chi connectivity index (χ4n) is 6.91. The number of nitrogens with zero attached hydrogens (tertiary/aromatic N) is 4. The highest BCUT2D eigenvalue weighted by molar-refractivity contribution is 6.12. The molecule has 37 heavy (non-hydrogen) atoms. The molecule has 0 saturated carbocycles. The number of ether oxygens (including phenoxy) is 2. The number of carbonyl (C=O) groups is 1. The molecule has 1 N–H and O–H groups in total. The Morgan fingerprint density at radius 2 is 2.03 bits per heavy atom. The van der Waals surface area contributed by atoms with Crippen LogP contribution in [0.1, 0.15) is 64.8 Å². The molecule has 0 radical (unpaired) electrons. The number of aliphatic hydroxyl groups excluding tert-OH is 1. The molecule has 1 spiro atoms. The zero-order chi connectivity index (χ0) is 26.9. The van der Waals surface area contributed by atoms with Crippen LogP contribution >= 0.6 is 0 Å². The fourth-order valence-corrected chi connectivity index (χ4v) is 6.91. The van der Waals surface area contributed by atoms with E-state index in [9.17, 15) is 9.90 Å². The molecule has 1 saturated heterocycles. The number of carbonyl (C=O) groups excluding carboxylic acids is 1. The van der Waals surface area contributed by atoms with Crippen molar-refractivity contribution in [3.8, 4) is 5.75 Å². The summed E-state index contributed by atoms with van der Waals surface area (Å²) in [6.45, 7) is 11.6. The minimum atomic E-state index is -1.59. The normalized spacial score (nSPS) is 28.1. The number of methoxy groups -OCH3 is 1. The highest BCUT2D eigenvalue weighted by Gasteiger charge is 2.68. The van der Waals surface area contributed by atoms with Gasteiger partial charge >= 0.3 is 0 Å². The predicted molar refractivity (Wildman–Crippen MR) is 138 cm³/mol. The fraction of sp³-hybridized carbons (Fsp3) is 0.607. The minimum absolute atomic E-state index is 0.00324. The van der Waals surface area contributed by atoms with Gasteiger partial charge in [0.2, 0.25) is 0 Å². The summed E-state index contributed by atoms with van der Waals surface area (Å²) >= 11 is 0. The molecular weight excluding hydrogens is 475 g/mol. The first-order valence-corrected chi connectivity index (χ1v) is 13.0. The van der Waals surface area contributed by atoms with Crippen molar-refractivity contribution in [1.29, 1.82) is 0 Å². The van der Waals surface area contributed by atoms with Crippen LogP contribution in [0.3, 0.4) is 0 Å². The van der Waals surface area contributed by atoms with Crippen LogP contribution in [0.4, 0.5) is 10.1 Å². The van der Waals surface area contributed by atoms with Gasteiger partial charge in [0.25, 0.3) is 5.91 Å². The Kier molecular flexibility index (Phi) is 6.03. The average Bonchev–Trinajstić information content (AvgIpc) is 3.45. The van der Waals surface area contributed by atoms with E-state index >= 15 is 4.39 Å². The van der Waals surface area contributed by atoms with E-state index in [0.29, 0.717) is 30.8 Å². The molecule has 0 aliphatic carbocycles. The third-order valence-electron chi connectivity index (χ3n) is 8.34.